The van der Waals surface area contributed by atoms with Gasteiger partial charge in [0.15, 0.2) is 0 Å². The van der Waals surface area contributed by atoms with Crippen molar-refractivity contribution in [2.24, 2.45) is 7.05 Å². The number of benzene rings is 1. The van der Waals surface area contributed by atoms with Gasteiger partial charge in [-0.1, -0.05) is 19.3 Å². The summed E-state index contributed by atoms with van der Waals surface area (Å²) in [4.78, 5) is 49.2. The SMILES string of the molecule is Cn1c(=O)n(C2CCC(=O)NC2=O)c2ccc(NC(=O)CCCCCOCCOCCOCCCCCCCl)cc21. The van der Waals surface area contributed by atoms with Crippen LogP contribution in [0.1, 0.15) is 70.3 Å². The minimum absolute atomic E-state index is 0.106. The Morgan fingerprint density at radius 2 is 1.54 bits per heavy atom. The normalized spacial score (nSPS) is 15.4. The lowest BCUT2D eigenvalue weighted by molar-refractivity contribution is -0.135. The van der Waals surface area contributed by atoms with Crippen molar-refractivity contribution in [3.63, 3.8) is 0 Å². The number of halogens is 1. The van der Waals surface area contributed by atoms with E-state index >= 15 is 0 Å². The number of imide groups is 1. The number of amides is 3. The number of hydrogen-bond acceptors (Lipinski definition) is 7. The average molecular weight is 595 g/mol. The molecular formula is C29H43ClN4O7. The third-order valence-corrected chi connectivity index (χ3v) is 7.27. The van der Waals surface area contributed by atoms with E-state index in [1.54, 1.807) is 25.2 Å². The highest BCUT2D eigenvalue weighted by molar-refractivity contribution is 6.17. The van der Waals surface area contributed by atoms with Crippen LogP contribution in [0.15, 0.2) is 23.0 Å². The first-order chi connectivity index (χ1) is 19.9. The van der Waals surface area contributed by atoms with Gasteiger partial charge >= 0.3 is 5.69 Å². The van der Waals surface area contributed by atoms with Crippen molar-refractivity contribution in [1.82, 2.24) is 14.5 Å². The molecule has 228 valence electrons. The molecule has 2 aromatic rings. The van der Waals surface area contributed by atoms with Crippen LogP contribution < -0.4 is 16.3 Å². The molecule has 1 aromatic heterocycles. The van der Waals surface area contributed by atoms with E-state index < -0.39 is 11.9 Å². The van der Waals surface area contributed by atoms with Crippen LogP contribution in [0.25, 0.3) is 11.0 Å². The first kappa shape index (κ1) is 32.8. The standard InChI is InChI=1S/C29H43ClN4O7/c1-33-25-21-22(10-11-23(25)34(29(33)38)24-12-13-27(36)32-28(24)37)31-26(35)9-5-4-8-16-40-18-20-41-19-17-39-15-7-3-2-6-14-30/h10-11,21,24H,2-9,12-20H2,1H3,(H,31,35)(H,32,36,37). The molecule has 1 aliphatic rings. The summed E-state index contributed by atoms with van der Waals surface area (Å²) in [5.41, 5.74) is 1.41. The van der Waals surface area contributed by atoms with E-state index in [-0.39, 0.29) is 30.3 Å². The molecule has 12 heteroatoms. The molecule has 0 radical (unpaired) electrons. The lowest BCUT2D eigenvalue weighted by Gasteiger charge is -2.21. The van der Waals surface area contributed by atoms with Gasteiger partial charge in [0.25, 0.3) is 0 Å². The van der Waals surface area contributed by atoms with Gasteiger partial charge < -0.3 is 19.5 Å². The van der Waals surface area contributed by atoms with Crippen LogP contribution in [-0.2, 0) is 35.6 Å². The van der Waals surface area contributed by atoms with Crippen molar-refractivity contribution >= 4 is 46.0 Å². The molecule has 2 heterocycles. The molecule has 1 fully saturated rings. The summed E-state index contributed by atoms with van der Waals surface area (Å²) in [5.74, 6) is -0.190. The number of hydrogen-bond donors (Lipinski definition) is 2. The van der Waals surface area contributed by atoms with E-state index in [2.05, 4.69) is 10.6 Å². The highest BCUT2D eigenvalue weighted by atomic mass is 35.5. The molecule has 3 rings (SSSR count). The van der Waals surface area contributed by atoms with Crippen molar-refractivity contribution in [2.45, 2.75) is 70.3 Å². The van der Waals surface area contributed by atoms with Crippen LogP contribution in [0.4, 0.5) is 5.69 Å². The smallest absolute Gasteiger partial charge is 0.329 e. The predicted octanol–water partition coefficient (Wildman–Crippen LogP) is 3.67. The Morgan fingerprint density at radius 3 is 2.20 bits per heavy atom. The molecule has 0 saturated carbocycles. The number of aryl methyl sites for hydroxylation is 1. The molecule has 11 nitrogen and oxygen atoms in total. The molecule has 3 amide bonds. The highest BCUT2D eigenvalue weighted by Gasteiger charge is 2.31. The molecule has 1 atom stereocenters. The number of carbonyl (C=O) groups excluding carboxylic acids is 3. The second-order valence-electron chi connectivity index (χ2n) is 10.2. The van der Waals surface area contributed by atoms with Crippen molar-refractivity contribution in [2.75, 3.05) is 50.8 Å². The fraction of sp³-hybridized carbons (Fsp3) is 0.655. The Balaban J connectivity index is 1.26. The Bertz CT molecular complexity index is 1200. The maximum absolute atomic E-state index is 12.9. The summed E-state index contributed by atoms with van der Waals surface area (Å²) in [5, 5.41) is 5.19. The molecule has 0 spiro atoms. The van der Waals surface area contributed by atoms with Crippen LogP contribution >= 0.6 is 11.6 Å². The van der Waals surface area contributed by atoms with Crippen molar-refractivity contribution in [3.8, 4) is 0 Å². The van der Waals surface area contributed by atoms with Gasteiger partial charge in [-0.2, -0.15) is 0 Å². The summed E-state index contributed by atoms with van der Waals surface area (Å²) in [7, 11) is 1.62. The fourth-order valence-electron chi connectivity index (χ4n) is 4.75. The topological polar surface area (TPSA) is 130 Å². The Kier molecular flexibility index (Phi) is 14.3. The lowest BCUT2D eigenvalue weighted by atomic mass is 10.1. The quantitative estimate of drug-likeness (QED) is 0.136. The number of alkyl halides is 1. The number of nitrogens with zero attached hydrogens (tertiary/aromatic N) is 2. The maximum Gasteiger partial charge on any atom is 0.329 e. The zero-order chi connectivity index (χ0) is 29.5. The van der Waals surface area contributed by atoms with Gasteiger partial charge in [0.05, 0.1) is 37.5 Å². The first-order valence-electron chi connectivity index (χ1n) is 14.6. The summed E-state index contributed by atoms with van der Waals surface area (Å²) < 4.78 is 19.5. The number of nitrogens with one attached hydrogen (secondary N) is 2. The molecular weight excluding hydrogens is 552 g/mol. The highest BCUT2D eigenvalue weighted by Crippen LogP contribution is 2.25. The fourth-order valence-corrected chi connectivity index (χ4v) is 4.94. The molecule has 1 unspecified atom stereocenters. The first-order valence-corrected chi connectivity index (χ1v) is 15.1. The number of imidazole rings is 1. The third-order valence-electron chi connectivity index (χ3n) is 7.00. The summed E-state index contributed by atoms with van der Waals surface area (Å²) in [6.45, 7) is 3.62. The molecule has 1 saturated heterocycles. The number of anilines is 1. The van der Waals surface area contributed by atoms with E-state index in [0.717, 1.165) is 57.4 Å². The monoisotopic (exact) mass is 594 g/mol. The van der Waals surface area contributed by atoms with Gasteiger partial charge in [-0.3, -0.25) is 28.8 Å². The summed E-state index contributed by atoms with van der Waals surface area (Å²) >= 11 is 5.65. The largest absolute Gasteiger partial charge is 0.379 e. The third kappa shape index (κ3) is 10.6. The number of rotatable bonds is 20. The number of piperidine rings is 1. The van der Waals surface area contributed by atoms with Crippen LogP contribution in [-0.4, -0.2) is 72.4 Å². The Morgan fingerprint density at radius 1 is 0.902 bits per heavy atom. The average Bonchev–Trinajstić information content (AvgIpc) is 3.19. The Labute approximate surface area is 245 Å². The number of carbonyl (C=O) groups is 3. The van der Waals surface area contributed by atoms with Crippen molar-refractivity contribution < 1.29 is 28.6 Å². The second-order valence-corrected chi connectivity index (χ2v) is 10.6. The maximum atomic E-state index is 12.9. The van der Waals surface area contributed by atoms with Gasteiger partial charge in [-0.25, -0.2) is 4.79 Å². The zero-order valence-electron chi connectivity index (χ0n) is 24.0. The lowest BCUT2D eigenvalue weighted by Crippen LogP contribution is -2.44. The Hall–Kier alpha value is -2.73. The molecule has 2 N–H and O–H groups in total. The van der Waals surface area contributed by atoms with Crippen LogP contribution in [0.5, 0.6) is 0 Å². The molecule has 0 aliphatic carbocycles. The van der Waals surface area contributed by atoms with Gasteiger partial charge in [-0.05, 0) is 50.3 Å². The zero-order valence-corrected chi connectivity index (χ0v) is 24.7. The van der Waals surface area contributed by atoms with Crippen molar-refractivity contribution in [3.05, 3.63) is 28.7 Å². The van der Waals surface area contributed by atoms with E-state index in [1.165, 1.54) is 9.13 Å². The molecule has 1 aromatic carbocycles. The van der Waals surface area contributed by atoms with Gasteiger partial charge in [0, 0.05) is 44.7 Å². The van der Waals surface area contributed by atoms with E-state index in [9.17, 15) is 19.2 Å². The predicted molar refractivity (Wildman–Crippen MR) is 157 cm³/mol. The van der Waals surface area contributed by atoms with Gasteiger partial charge in [0.2, 0.25) is 17.7 Å². The van der Waals surface area contributed by atoms with E-state index in [4.69, 9.17) is 25.8 Å². The van der Waals surface area contributed by atoms with Crippen LogP contribution in [0, 0.1) is 0 Å². The van der Waals surface area contributed by atoms with Gasteiger partial charge in [0.1, 0.15) is 6.04 Å². The van der Waals surface area contributed by atoms with Crippen LogP contribution in [0.2, 0.25) is 0 Å². The molecule has 1 aliphatic heterocycles. The van der Waals surface area contributed by atoms with Gasteiger partial charge in [-0.15, -0.1) is 11.6 Å². The number of aromatic nitrogens is 2. The summed E-state index contributed by atoms with van der Waals surface area (Å²) in [6, 6.07) is 4.42. The van der Waals surface area contributed by atoms with E-state index in [1.807, 2.05) is 0 Å². The minimum Gasteiger partial charge on any atom is -0.379 e. The van der Waals surface area contributed by atoms with Crippen molar-refractivity contribution in [1.29, 1.82) is 0 Å². The molecule has 0 bridgehead atoms. The number of unbranched alkanes of at least 4 members (excludes halogenated alkanes) is 5. The second kappa shape index (κ2) is 17.9. The van der Waals surface area contributed by atoms with Crippen LogP contribution in [0.3, 0.4) is 0 Å². The van der Waals surface area contributed by atoms with E-state index in [0.29, 0.717) is 56.2 Å². The molecule has 41 heavy (non-hydrogen) atoms. The minimum atomic E-state index is -0.743. The number of fused-ring (bicyclic) bond motifs is 1. The number of ether oxygens (including phenoxy) is 3. The summed E-state index contributed by atoms with van der Waals surface area (Å²) in [6.07, 6.45) is 7.73.